The van der Waals surface area contributed by atoms with Gasteiger partial charge in [-0.25, -0.2) is 19.6 Å². The van der Waals surface area contributed by atoms with Gasteiger partial charge in [0.15, 0.2) is 0 Å². The van der Waals surface area contributed by atoms with E-state index in [1.807, 2.05) is 57.7 Å². The van der Waals surface area contributed by atoms with Crippen LogP contribution < -0.4 is 0 Å². The van der Waals surface area contributed by atoms with Crippen LogP contribution in [0, 0.1) is 0 Å². The van der Waals surface area contributed by atoms with Gasteiger partial charge in [-0.15, -0.1) is 0 Å². The number of pyridine rings is 4. The first kappa shape index (κ1) is 39.0. The molecule has 0 radical (unpaired) electrons. The minimum Gasteiger partial charge on any atom is -0.478 e. The fourth-order valence-electron chi connectivity index (χ4n) is 5.93. The number of hydrogen-bond acceptors (Lipinski definition) is 7. The molecule has 6 aromatic heterocycles. The van der Waals surface area contributed by atoms with Gasteiger partial charge in [0.05, 0.1) is 62.7 Å². The number of benzene rings is 2. The van der Waals surface area contributed by atoms with Crippen molar-refractivity contribution < 1.29 is 19.4 Å². The van der Waals surface area contributed by atoms with E-state index in [0.29, 0.717) is 50.1 Å². The molecule has 8 aromatic rings. The fraction of sp³-hybridized carbons (Fsp3) is 0.128. The molecule has 0 bridgehead atoms. The van der Waals surface area contributed by atoms with Crippen molar-refractivity contribution in [2.24, 2.45) is 0 Å². The van der Waals surface area contributed by atoms with Gasteiger partial charge in [0, 0.05) is 59.4 Å². The van der Waals surface area contributed by atoms with Crippen LogP contribution >= 0.6 is 46.4 Å². The maximum atomic E-state index is 12.1. The number of fused-ring (bicyclic) bond motifs is 4. The van der Waals surface area contributed by atoms with Crippen molar-refractivity contribution in [3.05, 3.63) is 140 Å². The molecular weight excluding hydrogens is 758 g/mol. The minimum absolute atomic E-state index is 0. The van der Waals surface area contributed by atoms with Gasteiger partial charge in [-0.05, 0) is 59.7 Å². The van der Waals surface area contributed by atoms with Crippen molar-refractivity contribution >= 4 is 102 Å². The summed E-state index contributed by atoms with van der Waals surface area (Å²) in [5, 5.41) is 14.3. The van der Waals surface area contributed by atoms with Gasteiger partial charge >= 0.3 is 11.9 Å². The Bertz CT molecular complexity index is 2660. The number of carbonyl (C=O) groups is 2. The van der Waals surface area contributed by atoms with E-state index in [2.05, 4.69) is 19.9 Å². The largest absolute Gasteiger partial charge is 0.478 e. The highest BCUT2D eigenvalue weighted by Crippen LogP contribution is 2.28. The van der Waals surface area contributed by atoms with E-state index >= 15 is 0 Å². The zero-order chi connectivity index (χ0) is 35.8. The molecule has 0 saturated heterocycles. The number of hydrogen-bond donors (Lipinski definition) is 1. The topological polar surface area (TPSA) is 125 Å². The van der Waals surface area contributed by atoms with Gasteiger partial charge in [-0.2, -0.15) is 0 Å². The summed E-state index contributed by atoms with van der Waals surface area (Å²) in [6.45, 7) is 1.05. The SMILES string of the molecule is C.C.COC(=O)c1cn(Cc2ccc3ncc(Cl)cc3c2)c2cnc(Cl)cc12.O=C(O)c1cn(Cc2ccc3ncc(Cl)cc3c2)c2cnc(Cl)cc12. The second kappa shape index (κ2) is 16.2. The zero-order valence-electron chi connectivity index (χ0n) is 26.5. The van der Waals surface area contributed by atoms with Gasteiger partial charge in [0.25, 0.3) is 0 Å². The number of aromatic carboxylic acids is 1. The second-order valence-corrected chi connectivity index (χ2v) is 13.2. The lowest BCUT2D eigenvalue weighted by molar-refractivity contribution is 0.0601. The Balaban J connectivity index is 0.000000197. The summed E-state index contributed by atoms with van der Waals surface area (Å²) in [5.74, 6) is -1.41. The summed E-state index contributed by atoms with van der Waals surface area (Å²) < 4.78 is 8.68. The average molecular weight is 791 g/mol. The predicted octanol–water partition coefficient (Wildman–Crippen LogP) is 10.6. The number of rotatable bonds is 6. The van der Waals surface area contributed by atoms with Crippen LogP contribution in [0.25, 0.3) is 43.6 Å². The first-order chi connectivity index (χ1) is 24.6. The van der Waals surface area contributed by atoms with E-state index in [4.69, 9.17) is 51.1 Å². The van der Waals surface area contributed by atoms with E-state index in [1.54, 1.807) is 49.3 Å². The Morgan fingerprint density at radius 1 is 0.642 bits per heavy atom. The molecule has 0 aliphatic carbocycles. The van der Waals surface area contributed by atoms with Gasteiger partial charge in [-0.3, -0.25) is 9.97 Å². The molecule has 270 valence electrons. The molecule has 0 saturated carbocycles. The summed E-state index contributed by atoms with van der Waals surface area (Å²) in [5.41, 5.74) is 5.95. The van der Waals surface area contributed by atoms with Gasteiger partial charge < -0.3 is 19.0 Å². The molecule has 0 aliphatic heterocycles. The Kier molecular flexibility index (Phi) is 11.9. The van der Waals surface area contributed by atoms with E-state index in [9.17, 15) is 14.7 Å². The lowest BCUT2D eigenvalue weighted by atomic mass is 10.1. The van der Waals surface area contributed by atoms with Crippen LogP contribution in [0.3, 0.4) is 0 Å². The zero-order valence-corrected chi connectivity index (χ0v) is 29.5. The third-order valence-electron chi connectivity index (χ3n) is 8.23. The fourth-order valence-corrected chi connectivity index (χ4v) is 6.58. The summed E-state index contributed by atoms with van der Waals surface area (Å²) in [7, 11) is 1.36. The number of carboxylic acid groups (broad SMARTS) is 1. The number of esters is 1. The van der Waals surface area contributed by atoms with Crippen molar-refractivity contribution in [3.63, 3.8) is 0 Å². The van der Waals surface area contributed by atoms with E-state index < -0.39 is 11.9 Å². The Morgan fingerprint density at radius 3 is 1.55 bits per heavy atom. The lowest BCUT2D eigenvalue weighted by Gasteiger charge is -2.07. The quantitative estimate of drug-likeness (QED) is 0.130. The Hall–Kier alpha value is -5.26. The number of nitrogens with zero attached hydrogens (tertiary/aromatic N) is 6. The third kappa shape index (κ3) is 8.21. The van der Waals surface area contributed by atoms with Crippen molar-refractivity contribution in [2.75, 3.05) is 7.11 Å². The Labute approximate surface area is 324 Å². The number of halogens is 4. The number of ether oxygens (including phenoxy) is 1. The molecule has 10 nitrogen and oxygen atoms in total. The van der Waals surface area contributed by atoms with Crippen LogP contribution in [-0.2, 0) is 17.8 Å². The number of carbonyl (C=O) groups excluding carboxylic acids is 1. The normalized spacial score (nSPS) is 10.8. The van der Waals surface area contributed by atoms with Crippen LogP contribution in [0.5, 0.6) is 0 Å². The molecule has 0 aliphatic rings. The molecule has 0 unspecified atom stereocenters. The van der Waals surface area contributed by atoms with Crippen molar-refractivity contribution in [1.82, 2.24) is 29.1 Å². The number of methoxy groups -OCH3 is 1. The summed E-state index contributed by atoms with van der Waals surface area (Å²) in [6, 6.07) is 18.8. The minimum atomic E-state index is -1.000. The molecular formula is C39H32Cl4N6O4. The van der Waals surface area contributed by atoms with Gasteiger partial charge in [0.1, 0.15) is 10.3 Å². The van der Waals surface area contributed by atoms with Crippen LogP contribution in [0.2, 0.25) is 20.4 Å². The van der Waals surface area contributed by atoms with E-state index in [-0.39, 0.29) is 25.6 Å². The highest BCUT2D eigenvalue weighted by Gasteiger charge is 2.18. The first-order valence-electron chi connectivity index (χ1n) is 15.2. The summed E-state index contributed by atoms with van der Waals surface area (Å²) >= 11 is 24.0. The molecule has 6 heterocycles. The Morgan fingerprint density at radius 2 is 1.09 bits per heavy atom. The van der Waals surface area contributed by atoms with Crippen molar-refractivity contribution in [3.8, 4) is 0 Å². The smallest absolute Gasteiger partial charge is 0.340 e. The molecule has 0 fully saturated rings. The van der Waals surface area contributed by atoms with E-state index in [0.717, 1.165) is 38.4 Å². The molecule has 2 aromatic carbocycles. The standard InChI is InChI=1S/C19H13Cl2N3O2.C18H11Cl2N3O2.2CH4/c1-26-19(25)15-10-24(17-8-23-18(21)6-14(15)17)9-11-2-3-16-12(4-11)5-13(20)7-22-16;19-12-4-11-3-10(1-2-15(11)21-6-12)8-23-9-14(18(24)25)13-5-17(20)22-7-16(13)23;;/h2-8,10H,9H2,1H3;1-7,9H,8H2,(H,24,25);2*1H4. The van der Waals surface area contributed by atoms with E-state index in [1.165, 1.54) is 7.11 Å². The number of carboxylic acids is 1. The van der Waals surface area contributed by atoms with Crippen molar-refractivity contribution in [1.29, 1.82) is 0 Å². The van der Waals surface area contributed by atoms with Gasteiger partial charge in [-0.1, -0.05) is 73.4 Å². The van der Waals surface area contributed by atoms with Crippen LogP contribution in [-0.4, -0.2) is 53.2 Å². The molecule has 14 heteroatoms. The molecule has 0 atom stereocenters. The average Bonchev–Trinajstić information content (AvgIpc) is 3.65. The van der Waals surface area contributed by atoms with Crippen LogP contribution in [0.15, 0.2) is 97.8 Å². The molecule has 8 rings (SSSR count). The van der Waals surface area contributed by atoms with Crippen LogP contribution in [0.1, 0.15) is 46.7 Å². The maximum Gasteiger partial charge on any atom is 0.340 e. The highest BCUT2D eigenvalue weighted by atomic mass is 35.5. The molecule has 53 heavy (non-hydrogen) atoms. The highest BCUT2D eigenvalue weighted by molar-refractivity contribution is 6.31. The monoisotopic (exact) mass is 788 g/mol. The lowest BCUT2D eigenvalue weighted by Crippen LogP contribution is -2.01. The predicted molar refractivity (Wildman–Crippen MR) is 213 cm³/mol. The first-order valence-corrected chi connectivity index (χ1v) is 16.8. The van der Waals surface area contributed by atoms with Crippen molar-refractivity contribution in [2.45, 2.75) is 27.9 Å². The summed E-state index contributed by atoms with van der Waals surface area (Å²) in [4.78, 5) is 40.4. The second-order valence-electron chi connectivity index (χ2n) is 11.5. The van der Waals surface area contributed by atoms with Crippen LogP contribution in [0.4, 0.5) is 0 Å². The van der Waals surface area contributed by atoms with Gasteiger partial charge in [0.2, 0.25) is 0 Å². The maximum absolute atomic E-state index is 12.1. The summed E-state index contributed by atoms with van der Waals surface area (Å²) in [6.07, 6.45) is 9.84. The third-order valence-corrected chi connectivity index (χ3v) is 9.06. The molecule has 0 spiro atoms. The molecule has 1 N–H and O–H groups in total. The number of aromatic nitrogens is 6. The molecule has 0 amide bonds.